The average Bonchev–Trinajstić information content (AvgIpc) is 2.69. The summed E-state index contributed by atoms with van der Waals surface area (Å²) in [5.74, 6) is 0.865. The normalized spacial score (nSPS) is 11.1. The molecule has 0 atom stereocenters. The molecule has 1 heterocycles. The Hall–Kier alpha value is -1.81. The molecule has 2 aromatic carbocycles. The number of hydrogen-bond acceptors (Lipinski definition) is 4. The number of benzene rings is 2. The molecule has 0 aliphatic carbocycles. The second-order valence-electron chi connectivity index (χ2n) is 3.55. The maximum absolute atomic E-state index is 5.72. The van der Waals surface area contributed by atoms with E-state index < -0.39 is 0 Å². The van der Waals surface area contributed by atoms with Gasteiger partial charge in [0.15, 0.2) is 5.13 Å². The quantitative estimate of drug-likeness (QED) is 0.699. The zero-order chi connectivity index (χ0) is 11.1. The van der Waals surface area contributed by atoms with Crippen molar-refractivity contribution in [3.63, 3.8) is 0 Å². The van der Waals surface area contributed by atoms with Gasteiger partial charge < -0.3 is 10.5 Å². The number of methoxy groups -OCH3 is 1. The summed E-state index contributed by atoms with van der Waals surface area (Å²) in [5.41, 5.74) is 6.68. The highest BCUT2D eigenvalue weighted by molar-refractivity contribution is 7.23. The van der Waals surface area contributed by atoms with E-state index in [9.17, 15) is 0 Å². The van der Waals surface area contributed by atoms with Crippen molar-refractivity contribution in [3.05, 3.63) is 30.3 Å². The molecule has 4 heteroatoms. The predicted molar refractivity (Wildman–Crippen MR) is 68.1 cm³/mol. The topological polar surface area (TPSA) is 48.1 Å². The smallest absolute Gasteiger partial charge is 0.181 e. The number of fused-ring (bicyclic) bond motifs is 3. The molecule has 3 aromatic rings. The molecule has 2 N–H and O–H groups in total. The van der Waals surface area contributed by atoms with Crippen molar-refractivity contribution in [3.8, 4) is 5.75 Å². The summed E-state index contributed by atoms with van der Waals surface area (Å²) in [5, 5.41) is 2.93. The summed E-state index contributed by atoms with van der Waals surface area (Å²) in [4.78, 5) is 4.27. The van der Waals surface area contributed by atoms with Crippen LogP contribution in [0.15, 0.2) is 30.3 Å². The van der Waals surface area contributed by atoms with Crippen LogP contribution < -0.4 is 10.5 Å². The van der Waals surface area contributed by atoms with Gasteiger partial charge in [0.1, 0.15) is 5.75 Å². The van der Waals surface area contributed by atoms with Gasteiger partial charge in [-0.2, -0.15) is 0 Å². The third kappa shape index (κ3) is 1.31. The monoisotopic (exact) mass is 230 g/mol. The van der Waals surface area contributed by atoms with Crippen LogP contribution >= 0.6 is 11.3 Å². The molecule has 16 heavy (non-hydrogen) atoms. The van der Waals surface area contributed by atoms with Gasteiger partial charge in [-0.3, -0.25) is 0 Å². The van der Waals surface area contributed by atoms with E-state index in [1.165, 1.54) is 16.7 Å². The summed E-state index contributed by atoms with van der Waals surface area (Å²) >= 11 is 1.52. The lowest BCUT2D eigenvalue weighted by Crippen LogP contribution is -1.82. The number of thiazole rings is 1. The molecule has 0 fully saturated rings. The lowest BCUT2D eigenvalue weighted by Gasteiger charge is -2.02. The van der Waals surface area contributed by atoms with Crippen LogP contribution in [0.4, 0.5) is 5.13 Å². The van der Waals surface area contributed by atoms with Gasteiger partial charge in [-0.1, -0.05) is 17.4 Å². The zero-order valence-corrected chi connectivity index (χ0v) is 9.54. The first-order chi connectivity index (χ1) is 7.78. The Morgan fingerprint density at radius 1 is 1.25 bits per heavy atom. The summed E-state index contributed by atoms with van der Waals surface area (Å²) in [6.07, 6.45) is 0. The van der Waals surface area contributed by atoms with E-state index >= 15 is 0 Å². The van der Waals surface area contributed by atoms with Crippen molar-refractivity contribution < 1.29 is 4.74 Å². The molecule has 0 bridgehead atoms. The minimum absolute atomic E-state index is 0.610. The molecule has 80 valence electrons. The number of nitrogen functional groups attached to an aromatic ring is 1. The van der Waals surface area contributed by atoms with E-state index in [0.717, 1.165) is 21.4 Å². The Morgan fingerprint density at radius 3 is 2.94 bits per heavy atom. The fourth-order valence-corrected chi connectivity index (χ4v) is 2.70. The molecular formula is C12H10N2OS. The molecule has 0 radical (unpaired) electrons. The van der Waals surface area contributed by atoms with Gasteiger partial charge in [-0.05, 0) is 29.7 Å². The minimum atomic E-state index is 0.610. The number of aromatic nitrogens is 1. The Bertz CT molecular complexity index is 675. The minimum Gasteiger partial charge on any atom is -0.497 e. The van der Waals surface area contributed by atoms with Crippen LogP contribution in [0.2, 0.25) is 0 Å². The maximum Gasteiger partial charge on any atom is 0.181 e. The number of nitrogens with two attached hydrogens (primary N) is 1. The van der Waals surface area contributed by atoms with Crippen molar-refractivity contribution >= 4 is 37.5 Å². The maximum atomic E-state index is 5.72. The number of nitrogens with zero attached hydrogens (tertiary/aromatic N) is 1. The van der Waals surface area contributed by atoms with Crippen molar-refractivity contribution in [1.29, 1.82) is 0 Å². The molecule has 0 amide bonds. The molecule has 0 unspecified atom stereocenters. The van der Waals surface area contributed by atoms with Gasteiger partial charge in [-0.25, -0.2) is 4.98 Å². The third-order valence-corrected chi connectivity index (χ3v) is 3.53. The van der Waals surface area contributed by atoms with Crippen LogP contribution in [0, 0.1) is 0 Å². The van der Waals surface area contributed by atoms with Crippen LogP contribution in [-0.2, 0) is 0 Å². The first-order valence-corrected chi connectivity index (χ1v) is 5.72. The van der Waals surface area contributed by atoms with Crippen LogP contribution in [0.1, 0.15) is 0 Å². The Labute approximate surface area is 96.5 Å². The molecule has 0 aliphatic rings. The van der Waals surface area contributed by atoms with E-state index in [1.807, 2.05) is 30.3 Å². The number of hydrogen-bond donors (Lipinski definition) is 1. The molecule has 0 saturated carbocycles. The van der Waals surface area contributed by atoms with Crippen molar-refractivity contribution in [2.45, 2.75) is 0 Å². The SMILES string of the molecule is COc1ccc2c(ccc3nc(N)sc32)c1. The highest BCUT2D eigenvalue weighted by Gasteiger charge is 2.06. The molecular weight excluding hydrogens is 220 g/mol. The number of ether oxygens (including phenoxy) is 1. The van der Waals surface area contributed by atoms with Crippen LogP contribution in [0.3, 0.4) is 0 Å². The van der Waals surface area contributed by atoms with Gasteiger partial charge in [0.2, 0.25) is 0 Å². The highest BCUT2D eigenvalue weighted by atomic mass is 32.1. The second-order valence-corrected chi connectivity index (χ2v) is 4.58. The standard InChI is InChI=1S/C12H10N2OS/c1-15-8-3-4-9-7(6-8)2-5-10-11(9)16-12(13)14-10/h2-6H,1H3,(H2,13,14). The van der Waals surface area contributed by atoms with Gasteiger partial charge in [0.25, 0.3) is 0 Å². The van der Waals surface area contributed by atoms with Gasteiger partial charge in [0.05, 0.1) is 17.3 Å². The first-order valence-electron chi connectivity index (χ1n) is 4.91. The fourth-order valence-electron chi connectivity index (χ4n) is 1.84. The Balaban J connectivity index is 2.42. The van der Waals surface area contributed by atoms with E-state index in [0.29, 0.717) is 5.13 Å². The first kappa shape index (κ1) is 9.42. The molecule has 0 spiro atoms. The lowest BCUT2D eigenvalue weighted by molar-refractivity contribution is 0.415. The van der Waals surface area contributed by atoms with E-state index in [1.54, 1.807) is 7.11 Å². The summed E-state index contributed by atoms with van der Waals surface area (Å²) in [7, 11) is 1.67. The average molecular weight is 230 g/mol. The van der Waals surface area contributed by atoms with Crippen molar-refractivity contribution in [2.24, 2.45) is 0 Å². The molecule has 0 saturated heterocycles. The van der Waals surface area contributed by atoms with Gasteiger partial charge in [-0.15, -0.1) is 0 Å². The second kappa shape index (κ2) is 3.35. The zero-order valence-electron chi connectivity index (χ0n) is 8.73. The summed E-state index contributed by atoms with van der Waals surface area (Å²) < 4.78 is 6.34. The van der Waals surface area contributed by atoms with Crippen LogP contribution in [0.25, 0.3) is 21.0 Å². The largest absolute Gasteiger partial charge is 0.497 e. The summed E-state index contributed by atoms with van der Waals surface area (Å²) in [6.45, 7) is 0. The van der Waals surface area contributed by atoms with Crippen LogP contribution in [-0.4, -0.2) is 12.1 Å². The molecule has 0 aliphatic heterocycles. The van der Waals surface area contributed by atoms with E-state index in [-0.39, 0.29) is 0 Å². The highest BCUT2D eigenvalue weighted by Crippen LogP contribution is 2.32. The van der Waals surface area contributed by atoms with Gasteiger partial charge >= 0.3 is 0 Å². The Kier molecular flexibility index (Phi) is 1.97. The molecule has 1 aromatic heterocycles. The summed E-state index contributed by atoms with van der Waals surface area (Å²) in [6, 6.07) is 10.1. The fraction of sp³-hybridized carbons (Fsp3) is 0.0833. The third-order valence-electron chi connectivity index (χ3n) is 2.59. The van der Waals surface area contributed by atoms with E-state index in [4.69, 9.17) is 10.5 Å². The number of rotatable bonds is 1. The molecule has 3 nitrogen and oxygen atoms in total. The predicted octanol–water partition coefficient (Wildman–Crippen LogP) is 3.04. The van der Waals surface area contributed by atoms with Crippen molar-refractivity contribution in [2.75, 3.05) is 12.8 Å². The van der Waals surface area contributed by atoms with Crippen LogP contribution in [0.5, 0.6) is 5.75 Å². The Morgan fingerprint density at radius 2 is 2.12 bits per heavy atom. The van der Waals surface area contributed by atoms with E-state index in [2.05, 4.69) is 4.98 Å². The van der Waals surface area contributed by atoms with Crippen molar-refractivity contribution in [1.82, 2.24) is 4.98 Å². The van der Waals surface area contributed by atoms with Gasteiger partial charge in [0, 0.05) is 5.39 Å². The lowest BCUT2D eigenvalue weighted by atomic mass is 10.1. The number of anilines is 1. The molecule has 3 rings (SSSR count).